The second kappa shape index (κ2) is 6.40. The van der Waals surface area contributed by atoms with Crippen molar-refractivity contribution in [1.29, 1.82) is 0 Å². The van der Waals surface area contributed by atoms with Gasteiger partial charge in [0.2, 0.25) is 0 Å². The summed E-state index contributed by atoms with van der Waals surface area (Å²) < 4.78 is 11.7. The zero-order valence-corrected chi connectivity index (χ0v) is 12.7. The largest absolute Gasteiger partial charge is 0.481 e. The number of nitrogen functional groups attached to an aromatic ring is 1. The van der Waals surface area contributed by atoms with Gasteiger partial charge in [-0.2, -0.15) is 0 Å². The Bertz CT molecular complexity index is 708. The number of aliphatic carboxylic acids is 1. The van der Waals surface area contributed by atoms with Crippen LogP contribution in [0.15, 0.2) is 48.5 Å². The molecule has 3 rings (SSSR count). The Morgan fingerprint density at radius 2 is 1.65 bits per heavy atom. The molecule has 23 heavy (non-hydrogen) atoms. The van der Waals surface area contributed by atoms with Crippen molar-refractivity contribution in [3.8, 4) is 11.1 Å². The molecule has 0 atom stereocenters. The molecule has 2 aromatic carbocycles. The van der Waals surface area contributed by atoms with Crippen molar-refractivity contribution < 1.29 is 19.4 Å². The number of rotatable bonds is 5. The van der Waals surface area contributed by atoms with Gasteiger partial charge in [0.15, 0.2) is 5.79 Å². The van der Waals surface area contributed by atoms with Crippen LogP contribution in [0.4, 0.5) is 5.69 Å². The zero-order valence-electron chi connectivity index (χ0n) is 12.7. The molecule has 1 aliphatic rings. The van der Waals surface area contributed by atoms with Gasteiger partial charge in [-0.05, 0) is 11.6 Å². The van der Waals surface area contributed by atoms with Crippen molar-refractivity contribution in [3.05, 3.63) is 54.1 Å². The minimum atomic E-state index is -1.03. The van der Waals surface area contributed by atoms with Crippen molar-refractivity contribution in [2.24, 2.45) is 0 Å². The maximum atomic E-state index is 11.0. The summed E-state index contributed by atoms with van der Waals surface area (Å²) in [6.07, 6.45) is 0.227. The lowest BCUT2D eigenvalue weighted by molar-refractivity contribution is -0.175. The Hall–Kier alpha value is -2.37. The molecule has 5 heteroatoms. The highest BCUT2D eigenvalue weighted by Crippen LogP contribution is 2.42. The third-order valence-electron chi connectivity index (χ3n) is 4.01. The molecule has 0 aliphatic carbocycles. The lowest BCUT2D eigenvalue weighted by Crippen LogP contribution is -2.29. The van der Waals surface area contributed by atoms with Crippen molar-refractivity contribution in [2.75, 3.05) is 18.9 Å². The first-order chi connectivity index (χ1) is 11.1. The molecule has 1 heterocycles. The molecular formula is C18H19NO4. The highest BCUT2D eigenvalue weighted by Gasteiger charge is 2.40. The number of hydrogen-bond donors (Lipinski definition) is 2. The van der Waals surface area contributed by atoms with E-state index in [4.69, 9.17) is 20.3 Å². The molecule has 1 aliphatic heterocycles. The van der Waals surface area contributed by atoms with E-state index in [1.807, 2.05) is 48.5 Å². The fourth-order valence-electron chi connectivity index (χ4n) is 2.95. The standard InChI is InChI=1S/C18H19NO4/c19-16-8-4-2-6-14(16)13-5-1-3-7-15(13)18(10-9-17(20)21)22-11-12-23-18/h1-8H,9-12,19H2,(H,20,21). The first-order valence-corrected chi connectivity index (χ1v) is 7.56. The van der Waals surface area contributed by atoms with Crippen LogP contribution in [0.5, 0.6) is 0 Å². The second-order valence-electron chi connectivity index (χ2n) is 5.48. The average Bonchev–Trinajstić information content (AvgIpc) is 3.04. The van der Waals surface area contributed by atoms with Gasteiger partial charge in [-0.3, -0.25) is 4.79 Å². The lowest BCUT2D eigenvalue weighted by Gasteiger charge is -2.29. The molecule has 1 fully saturated rings. The normalized spacial score (nSPS) is 16.3. The Morgan fingerprint density at radius 3 is 2.30 bits per heavy atom. The fourth-order valence-corrected chi connectivity index (χ4v) is 2.95. The molecule has 0 saturated carbocycles. The maximum absolute atomic E-state index is 11.0. The van der Waals surface area contributed by atoms with Gasteiger partial charge in [-0.1, -0.05) is 42.5 Å². The Morgan fingerprint density at radius 1 is 1.04 bits per heavy atom. The van der Waals surface area contributed by atoms with Gasteiger partial charge < -0.3 is 20.3 Å². The summed E-state index contributed by atoms with van der Waals surface area (Å²) >= 11 is 0. The highest BCUT2D eigenvalue weighted by molar-refractivity contribution is 5.79. The van der Waals surface area contributed by atoms with Crippen LogP contribution in [0, 0.1) is 0 Å². The summed E-state index contributed by atoms with van der Waals surface area (Å²) in [7, 11) is 0. The molecule has 0 radical (unpaired) electrons. The third kappa shape index (κ3) is 3.06. The number of ether oxygens (including phenoxy) is 2. The molecule has 0 unspecified atom stereocenters. The first-order valence-electron chi connectivity index (χ1n) is 7.56. The van der Waals surface area contributed by atoms with Crippen molar-refractivity contribution in [2.45, 2.75) is 18.6 Å². The number of carboxylic acid groups (broad SMARTS) is 1. The Kier molecular flexibility index (Phi) is 4.32. The van der Waals surface area contributed by atoms with Crippen LogP contribution < -0.4 is 5.73 Å². The molecule has 2 aromatic rings. The van der Waals surface area contributed by atoms with E-state index in [0.29, 0.717) is 18.9 Å². The Balaban J connectivity index is 2.08. The minimum absolute atomic E-state index is 0.0292. The van der Waals surface area contributed by atoms with E-state index in [2.05, 4.69) is 0 Å². The third-order valence-corrected chi connectivity index (χ3v) is 4.01. The maximum Gasteiger partial charge on any atom is 0.303 e. The summed E-state index contributed by atoms with van der Waals surface area (Å²) in [4.78, 5) is 11.0. The van der Waals surface area contributed by atoms with Crippen LogP contribution in [0.1, 0.15) is 18.4 Å². The monoisotopic (exact) mass is 313 g/mol. The lowest BCUT2D eigenvalue weighted by atomic mass is 9.91. The molecular weight excluding hydrogens is 294 g/mol. The van der Waals surface area contributed by atoms with E-state index in [9.17, 15) is 4.79 Å². The van der Waals surface area contributed by atoms with Crippen LogP contribution in [0.2, 0.25) is 0 Å². The van der Waals surface area contributed by atoms with E-state index in [0.717, 1.165) is 16.7 Å². The van der Waals surface area contributed by atoms with Gasteiger partial charge in [0.05, 0.1) is 19.6 Å². The number of carboxylic acids is 1. The number of carbonyl (C=O) groups is 1. The fraction of sp³-hybridized carbons (Fsp3) is 0.278. The van der Waals surface area contributed by atoms with E-state index >= 15 is 0 Å². The number of hydrogen-bond acceptors (Lipinski definition) is 4. The van der Waals surface area contributed by atoms with Gasteiger partial charge in [-0.25, -0.2) is 0 Å². The smallest absolute Gasteiger partial charge is 0.303 e. The van der Waals surface area contributed by atoms with Crippen LogP contribution in [0.3, 0.4) is 0 Å². The van der Waals surface area contributed by atoms with Gasteiger partial charge in [0, 0.05) is 23.2 Å². The summed E-state index contributed by atoms with van der Waals surface area (Å²) in [5.74, 6) is -1.91. The number of nitrogens with two attached hydrogens (primary N) is 1. The van der Waals surface area contributed by atoms with Gasteiger partial charge in [-0.15, -0.1) is 0 Å². The van der Waals surface area contributed by atoms with Gasteiger partial charge >= 0.3 is 5.97 Å². The van der Waals surface area contributed by atoms with E-state index in [1.54, 1.807) is 0 Å². The van der Waals surface area contributed by atoms with Crippen molar-refractivity contribution in [1.82, 2.24) is 0 Å². The molecule has 0 bridgehead atoms. The predicted octanol–water partition coefficient (Wildman–Crippen LogP) is 3.00. The predicted molar refractivity (Wildman–Crippen MR) is 86.7 cm³/mol. The van der Waals surface area contributed by atoms with Crippen molar-refractivity contribution in [3.63, 3.8) is 0 Å². The molecule has 3 N–H and O–H groups in total. The summed E-state index contributed by atoms with van der Waals surface area (Å²) in [6, 6.07) is 15.3. The van der Waals surface area contributed by atoms with Crippen LogP contribution in [0.25, 0.3) is 11.1 Å². The van der Waals surface area contributed by atoms with Crippen LogP contribution >= 0.6 is 0 Å². The topological polar surface area (TPSA) is 81.8 Å². The number of para-hydroxylation sites is 1. The summed E-state index contributed by atoms with van der Waals surface area (Å²) in [6.45, 7) is 0.885. The summed E-state index contributed by atoms with van der Waals surface area (Å²) in [5.41, 5.74) is 9.37. The molecule has 0 aromatic heterocycles. The van der Waals surface area contributed by atoms with Crippen LogP contribution in [-0.2, 0) is 20.1 Å². The zero-order chi connectivity index (χ0) is 16.3. The molecule has 5 nitrogen and oxygen atoms in total. The number of benzene rings is 2. The van der Waals surface area contributed by atoms with E-state index in [1.165, 1.54) is 0 Å². The van der Waals surface area contributed by atoms with E-state index in [-0.39, 0.29) is 12.8 Å². The van der Waals surface area contributed by atoms with Gasteiger partial charge in [0.25, 0.3) is 0 Å². The van der Waals surface area contributed by atoms with Crippen LogP contribution in [-0.4, -0.2) is 24.3 Å². The quantitative estimate of drug-likeness (QED) is 0.829. The van der Waals surface area contributed by atoms with Crippen molar-refractivity contribution >= 4 is 11.7 Å². The molecule has 120 valence electrons. The Labute approximate surface area is 134 Å². The average molecular weight is 313 g/mol. The number of anilines is 1. The highest BCUT2D eigenvalue weighted by atomic mass is 16.7. The second-order valence-corrected chi connectivity index (χ2v) is 5.48. The van der Waals surface area contributed by atoms with Gasteiger partial charge in [0.1, 0.15) is 0 Å². The summed E-state index contributed by atoms with van der Waals surface area (Å²) in [5, 5.41) is 9.03. The van der Waals surface area contributed by atoms with E-state index < -0.39 is 11.8 Å². The SMILES string of the molecule is Nc1ccccc1-c1ccccc1C1(CCC(=O)O)OCCO1. The minimum Gasteiger partial charge on any atom is -0.481 e. The molecule has 0 amide bonds. The first kappa shape index (κ1) is 15.5. The molecule has 1 saturated heterocycles. The molecule has 0 spiro atoms.